The molecule has 3 rings (SSSR count). The molecule has 1 heterocycles. The first-order valence-electron chi connectivity index (χ1n) is 6.55. The molecule has 19 heavy (non-hydrogen) atoms. The van der Waals surface area contributed by atoms with Crippen LogP contribution < -0.4 is 5.73 Å². The second kappa shape index (κ2) is 5.02. The van der Waals surface area contributed by atoms with Crippen molar-refractivity contribution in [2.24, 2.45) is 0 Å². The fraction of sp³-hybridized carbons (Fsp3) is 0.250. The van der Waals surface area contributed by atoms with Crippen molar-refractivity contribution < 1.29 is 4.39 Å². The van der Waals surface area contributed by atoms with E-state index in [0.717, 1.165) is 31.6 Å². The maximum Gasteiger partial charge on any atom is 0.146 e. The number of nitrogen functional groups attached to an aromatic ring is 1. The van der Waals surface area contributed by atoms with Crippen LogP contribution in [0, 0.1) is 5.82 Å². The third kappa shape index (κ3) is 2.61. The summed E-state index contributed by atoms with van der Waals surface area (Å²) in [6.07, 6.45) is 1.06. The van der Waals surface area contributed by atoms with Gasteiger partial charge >= 0.3 is 0 Å². The molecule has 2 aromatic rings. The van der Waals surface area contributed by atoms with Crippen LogP contribution >= 0.6 is 0 Å². The molecule has 0 saturated carbocycles. The fourth-order valence-electron chi connectivity index (χ4n) is 2.62. The molecule has 0 unspecified atom stereocenters. The highest BCUT2D eigenvalue weighted by Gasteiger charge is 2.15. The topological polar surface area (TPSA) is 29.3 Å². The monoisotopic (exact) mass is 256 g/mol. The number of benzene rings is 2. The Morgan fingerprint density at radius 2 is 1.89 bits per heavy atom. The van der Waals surface area contributed by atoms with Crippen LogP contribution in [0.15, 0.2) is 42.5 Å². The van der Waals surface area contributed by atoms with Crippen LogP contribution in [-0.2, 0) is 19.5 Å². The summed E-state index contributed by atoms with van der Waals surface area (Å²) >= 11 is 0. The molecule has 0 saturated heterocycles. The number of halogens is 1. The number of fused-ring (bicyclic) bond motifs is 1. The summed E-state index contributed by atoms with van der Waals surface area (Å²) in [5.74, 6) is -0.324. The molecule has 0 amide bonds. The predicted molar refractivity (Wildman–Crippen MR) is 75.1 cm³/mol. The summed E-state index contributed by atoms with van der Waals surface area (Å²) in [6.45, 7) is 2.72. The van der Waals surface area contributed by atoms with Crippen LogP contribution in [0.3, 0.4) is 0 Å². The minimum absolute atomic E-state index is 0.215. The first kappa shape index (κ1) is 12.2. The lowest BCUT2D eigenvalue weighted by atomic mass is 9.99. The van der Waals surface area contributed by atoms with Gasteiger partial charge in [-0.25, -0.2) is 4.39 Å². The van der Waals surface area contributed by atoms with Crippen molar-refractivity contribution in [2.75, 3.05) is 12.3 Å². The van der Waals surface area contributed by atoms with Crippen LogP contribution in [0.1, 0.15) is 16.7 Å². The average Bonchev–Trinajstić information content (AvgIpc) is 2.43. The summed E-state index contributed by atoms with van der Waals surface area (Å²) in [5, 5.41) is 0. The van der Waals surface area contributed by atoms with E-state index in [9.17, 15) is 4.39 Å². The Kier molecular flexibility index (Phi) is 3.22. The minimum Gasteiger partial charge on any atom is -0.396 e. The van der Waals surface area contributed by atoms with Gasteiger partial charge in [-0.3, -0.25) is 4.90 Å². The van der Waals surface area contributed by atoms with Crippen LogP contribution in [0.4, 0.5) is 10.1 Å². The number of hydrogen-bond donors (Lipinski definition) is 1. The van der Waals surface area contributed by atoms with Gasteiger partial charge in [0.05, 0.1) is 5.69 Å². The van der Waals surface area contributed by atoms with E-state index in [4.69, 9.17) is 5.73 Å². The van der Waals surface area contributed by atoms with Gasteiger partial charge in [0.2, 0.25) is 0 Å². The maximum absolute atomic E-state index is 13.4. The highest BCUT2D eigenvalue weighted by atomic mass is 19.1. The van der Waals surface area contributed by atoms with Crippen molar-refractivity contribution in [3.8, 4) is 0 Å². The first-order chi connectivity index (χ1) is 9.22. The zero-order valence-corrected chi connectivity index (χ0v) is 10.8. The van der Waals surface area contributed by atoms with Crippen molar-refractivity contribution in [2.45, 2.75) is 19.5 Å². The molecular weight excluding hydrogens is 239 g/mol. The zero-order chi connectivity index (χ0) is 13.2. The van der Waals surface area contributed by atoms with Crippen molar-refractivity contribution in [3.63, 3.8) is 0 Å². The molecule has 2 nitrogen and oxygen atoms in total. The Morgan fingerprint density at radius 1 is 1.11 bits per heavy atom. The second-order valence-corrected chi connectivity index (χ2v) is 5.09. The van der Waals surface area contributed by atoms with E-state index in [1.165, 1.54) is 17.2 Å². The predicted octanol–water partition coefficient (Wildman–Crippen LogP) is 2.97. The van der Waals surface area contributed by atoms with Gasteiger partial charge in [0, 0.05) is 19.6 Å². The summed E-state index contributed by atoms with van der Waals surface area (Å²) in [6, 6.07) is 13.6. The van der Waals surface area contributed by atoms with Crippen molar-refractivity contribution in [1.82, 2.24) is 4.90 Å². The van der Waals surface area contributed by atoms with Crippen molar-refractivity contribution in [1.29, 1.82) is 0 Å². The lowest BCUT2D eigenvalue weighted by molar-refractivity contribution is 0.245. The quantitative estimate of drug-likeness (QED) is 0.837. The van der Waals surface area contributed by atoms with Crippen LogP contribution in [0.25, 0.3) is 0 Å². The zero-order valence-electron chi connectivity index (χ0n) is 10.8. The molecule has 0 radical (unpaired) electrons. The van der Waals surface area contributed by atoms with E-state index in [2.05, 4.69) is 29.2 Å². The minimum atomic E-state index is -0.324. The molecule has 1 aliphatic rings. The molecule has 0 aromatic heterocycles. The van der Waals surface area contributed by atoms with E-state index < -0.39 is 0 Å². The molecular formula is C16H17FN2. The number of anilines is 1. The molecule has 0 fully saturated rings. The number of nitrogens with zero attached hydrogens (tertiary/aromatic N) is 1. The van der Waals surface area contributed by atoms with E-state index >= 15 is 0 Å². The molecule has 0 spiro atoms. The second-order valence-electron chi connectivity index (χ2n) is 5.09. The Hall–Kier alpha value is -1.87. The lowest BCUT2D eigenvalue weighted by Crippen LogP contribution is -2.30. The first-order valence-corrected chi connectivity index (χ1v) is 6.55. The number of rotatable bonds is 2. The Labute approximate surface area is 112 Å². The molecule has 98 valence electrons. The largest absolute Gasteiger partial charge is 0.396 e. The Bertz CT molecular complexity index is 595. The van der Waals surface area contributed by atoms with E-state index in [0.29, 0.717) is 0 Å². The highest BCUT2D eigenvalue weighted by Crippen LogP contribution is 2.21. The average molecular weight is 256 g/mol. The standard InChI is InChI=1S/C16H17FN2/c17-15-9-12(5-6-16(15)18)10-19-8-7-13-3-1-2-4-14(13)11-19/h1-6,9H,7-8,10-11,18H2. The number of nitrogens with two attached hydrogens (primary N) is 1. The highest BCUT2D eigenvalue weighted by molar-refractivity contribution is 5.41. The molecule has 2 N–H and O–H groups in total. The van der Waals surface area contributed by atoms with Crippen LogP contribution in [0.2, 0.25) is 0 Å². The van der Waals surface area contributed by atoms with Gasteiger partial charge in [0.25, 0.3) is 0 Å². The van der Waals surface area contributed by atoms with Crippen molar-refractivity contribution >= 4 is 5.69 Å². The van der Waals surface area contributed by atoms with Crippen LogP contribution in [-0.4, -0.2) is 11.4 Å². The van der Waals surface area contributed by atoms with Gasteiger partial charge in [0.1, 0.15) is 5.82 Å². The molecule has 2 aromatic carbocycles. The third-order valence-electron chi connectivity index (χ3n) is 3.68. The van der Waals surface area contributed by atoms with Gasteiger partial charge in [-0.15, -0.1) is 0 Å². The summed E-state index contributed by atoms with van der Waals surface area (Å²) in [7, 11) is 0. The Morgan fingerprint density at radius 3 is 2.68 bits per heavy atom. The molecule has 0 atom stereocenters. The fourth-order valence-corrected chi connectivity index (χ4v) is 2.62. The van der Waals surface area contributed by atoms with Crippen LogP contribution in [0.5, 0.6) is 0 Å². The molecule has 0 bridgehead atoms. The van der Waals surface area contributed by atoms with E-state index in [1.54, 1.807) is 6.07 Å². The van der Waals surface area contributed by atoms with Gasteiger partial charge in [-0.05, 0) is 35.2 Å². The molecule has 3 heteroatoms. The molecule has 0 aliphatic carbocycles. The SMILES string of the molecule is Nc1ccc(CN2CCc3ccccc3C2)cc1F. The van der Waals surface area contributed by atoms with E-state index in [1.807, 2.05) is 6.07 Å². The summed E-state index contributed by atoms with van der Waals surface area (Å²) in [5.41, 5.74) is 9.50. The van der Waals surface area contributed by atoms with Crippen molar-refractivity contribution in [3.05, 3.63) is 65.0 Å². The normalized spacial score (nSPS) is 15.2. The van der Waals surface area contributed by atoms with Gasteiger partial charge in [-0.1, -0.05) is 30.3 Å². The smallest absolute Gasteiger partial charge is 0.146 e. The van der Waals surface area contributed by atoms with Gasteiger partial charge < -0.3 is 5.73 Å². The van der Waals surface area contributed by atoms with Gasteiger partial charge in [-0.2, -0.15) is 0 Å². The van der Waals surface area contributed by atoms with E-state index in [-0.39, 0.29) is 11.5 Å². The van der Waals surface area contributed by atoms with Gasteiger partial charge in [0.15, 0.2) is 0 Å². The Balaban J connectivity index is 1.73. The summed E-state index contributed by atoms with van der Waals surface area (Å²) in [4.78, 5) is 2.34. The maximum atomic E-state index is 13.4. The summed E-state index contributed by atoms with van der Waals surface area (Å²) < 4.78 is 13.4. The number of hydrogen-bond acceptors (Lipinski definition) is 2. The molecule has 1 aliphatic heterocycles. The lowest BCUT2D eigenvalue weighted by Gasteiger charge is -2.28. The third-order valence-corrected chi connectivity index (χ3v) is 3.68.